The van der Waals surface area contributed by atoms with E-state index in [1.807, 2.05) is 0 Å². The van der Waals surface area contributed by atoms with Crippen molar-refractivity contribution in [2.75, 3.05) is 0 Å². The molecule has 2 heterocycles. The molecule has 6 aromatic rings. The van der Waals surface area contributed by atoms with Crippen molar-refractivity contribution in [3.63, 3.8) is 0 Å². The van der Waals surface area contributed by atoms with E-state index in [0.29, 0.717) is 0 Å². The highest BCUT2D eigenvalue weighted by Gasteiger charge is 2.24. The van der Waals surface area contributed by atoms with E-state index in [4.69, 9.17) is 0 Å². The molecular weight excluding hydrogens is 464 g/mol. The third-order valence-electron chi connectivity index (χ3n) is 8.04. The summed E-state index contributed by atoms with van der Waals surface area (Å²) in [6.07, 6.45) is 0. The lowest BCUT2D eigenvalue weighted by Crippen LogP contribution is -2.37. The Morgan fingerprint density at radius 1 is 0.676 bits per heavy atom. The average Bonchev–Trinajstić information content (AvgIpc) is 3.20. The van der Waals surface area contributed by atoms with Crippen LogP contribution in [0.25, 0.3) is 49.7 Å². The van der Waals surface area contributed by atoms with Gasteiger partial charge in [0.2, 0.25) is 11.2 Å². The molecule has 4 aromatic carbocycles. The fraction of sp³-hybridized carbons (Fsp3) is 0.206. The van der Waals surface area contributed by atoms with Crippen LogP contribution in [-0.2, 0) is 7.05 Å². The van der Waals surface area contributed by atoms with Crippen LogP contribution in [0.2, 0.25) is 19.6 Å². The molecular formula is C34H35N2Si+. The zero-order valence-corrected chi connectivity index (χ0v) is 24.0. The van der Waals surface area contributed by atoms with Crippen molar-refractivity contribution in [2.45, 2.75) is 40.4 Å². The minimum absolute atomic E-state index is 1.24. The molecule has 37 heavy (non-hydrogen) atoms. The second-order valence-corrected chi connectivity index (χ2v) is 16.7. The van der Waals surface area contributed by atoms with Gasteiger partial charge >= 0.3 is 0 Å². The number of para-hydroxylation sites is 2. The number of aromatic nitrogens is 2. The van der Waals surface area contributed by atoms with Gasteiger partial charge in [0.05, 0.1) is 30.2 Å². The van der Waals surface area contributed by atoms with E-state index in [9.17, 15) is 0 Å². The molecule has 0 atom stereocenters. The highest BCUT2D eigenvalue weighted by molar-refractivity contribution is 6.88. The Labute approximate surface area is 220 Å². The maximum absolute atomic E-state index is 2.51. The maximum atomic E-state index is 2.51. The van der Waals surface area contributed by atoms with Crippen LogP contribution in [0.3, 0.4) is 0 Å². The van der Waals surface area contributed by atoms with Gasteiger partial charge in [-0.3, -0.25) is 0 Å². The van der Waals surface area contributed by atoms with E-state index < -0.39 is 8.07 Å². The summed E-state index contributed by atoms with van der Waals surface area (Å²) >= 11 is 0. The summed E-state index contributed by atoms with van der Waals surface area (Å²) in [6.45, 7) is 14.0. The molecule has 0 radical (unpaired) electrons. The minimum Gasteiger partial charge on any atom is -0.308 e. The standard InChI is InChI=1S/C34H35N2Si/c1-22-18-23(2)24(3)29(19-22)32-21-34(28-13-9-10-14-30(28)35(32)4)36-31-15-11-8-12-26(31)27-17-16-25(20-33(27)36)37(5,6)7/h8-21H,1-7H3/q+1. The van der Waals surface area contributed by atoms with Crippen LogP contribution in [0.1, 0.15) is 16.7 Å². The van der Waals surface area contributed by atoms with Crippen LogP contribution in [0.4, 0.5) is 0 Å². The second-order valence-electron chi connectivity index (χ2n) is 11.6. The second kappa shape index (κ2) is 8.42. The minimum atomic E-state index is -1.49. The number of aryl methyl sites for hydroxylation is 3. The fourth-order valence-electron chi connectivity index (χ4n) is 5.86. The smallest absolute Gasteiger partial charge is 0.215 e. The van der Waals surface area contributed by atoms with Gasteiger partial charge in [-0.2, -0.15) is 4.57 Å². The first-order valence-electron chi connectivity index (χ1n) is 13.2. The molecule has 2 aromatic heterocycles. The fourth-order valence-corrected chi connectivity index (χ4v) is 7.02. The molecule has 3 heteroatoms. The number of fused-ring (bicyclic) bond motifs is 4. The molecule has 0 spiro atoms. The van der Waals surface area contributed by atoms with Gasteiger partial charge in [-0.15, -0.1) is 0 Å². The maximum Gasteiger partial charge on any atom is 0.215 e. The first-order valence-corrected chi connectivity index (χ1v) is 16.7. The predicted octanol–water partition coefficient (Wildman–Crippen LogP) is 7.90. The molecule has 6 rings (SSSR count). The highest BCUT2D eigenvalue weighted by Crippen LogP contribution is 2.36. The lowest BCUT2D eigenvalue weighted by atomic mass is 9.96. The topological polar surface area (TPSA) is 8.81 Å². The van der Waals surface area contributed by atoms with Crippen LogP contribution in [0, 0.1) is 20.8 Å². The normalized spacial score (nSPS) is 12.2. The first-order chi connectivity index (χ1) is 17.6. The van der Waals surface area contributed by atoms with Gasteiger partial charge in [0, 0.05) is 28.5 Å². The largest absolute Gasteiger partial charge is 0.308 e. The lowest BCUT2D eigenvalue weighted by molar-refractivity contribution is -0.633. The summed E-state index contributed by atoms with van der Waals surface area (Å²) in [5.74, 6) is 0. The van der Waals surface area contributed by atoms with Gasteiger partial charge in [-0.05, 0) is 56.2 Å². The van der Waals surface area contributed by atoms with E-state index in [1.54, 1.807) is 0 Å². The lowest BCUT2D eigenvalue weighted by Gasteiger charge is -2.18. The molecule has 0 bridgehead atoms. The van der Waals surface area contributed by atoms with Crippen molar-refractivity contribution >= 4 is 46.0 Å². The molecule has 0 N–H and O–H groups in total. The van der Waals surface area contributed by atoms with Crippen molar-refractivity contribution < 1.29 is 4.57 Å². The Bertz CT molecular complexity index is 1850. The number of benzene rings is 4. The first kappa shape index (κ1) is 23.7. The summed E-state index contributed by atoms with van der Waals surface area (Å²) in [4.78, 5) is 0. The molecule has 0 unspecified atom stereocenters. The van der Waals surface area contributed by atoms with Crippen LogP contribution < -0.4 is 9.75 Å². The van der Waals surface area contributed by atoms with Gasteiger partial charge in [0.15, 0.2) is 0 Å². The number of rotatable bonds is 3. The van der Waals surface area contributed by atoms with E-state index in [1.165, 1.54) is 71.5 Å². The summed E-state index contributed by atoms with van der Waals surface area (Å²) < 4.78 is 4.87. The molecule has 2 nitrogen and oxygen atoms in total. The van der Waals surface area contributed by atoms with Crippen LogP contribution in [0.5, 0.6) is 0 Å². The van der Waals surface area contributed by atoms with Gasteiger partial charge < -0.3 is 4.57 Å². The highest BCUT2D eigenvalue weighted by atomic mass is 28.3. The average molecular weight is 500 g/mol. The predicted molar refractivity (Wildman–Crippen MR) is 162 cm³/mol. The molecule has 0 saturated heterocycles. The molecule has 0 aliphatic rings. The van der Waals surface area contributed by atoms with E-state index >= 15 is 0 Å². The number of hydrogen-bond donors (Lipinski definition) is 0. The molecule has 0 aliphatic heterocycles. The summed E-state index contributed by atoms with van der Waals surface area (Å²) in [7, 11) is 0.715. The molecule has 0 saturated carbocycles. The Morgan fingerprint density at radius 2 is 1.35 bits per heavy atom. The number of nitrogens with zero attached hydrogens (tertiary/aromatic N) is 2. The van der Waals surface area contributed by atoms with Gasteiger partial charge in [0.1, 0.15) is 7.05 Å². The Kier molecular flexibility index (Phi) is 5.39. The van der Waals surface area contributed by atoms with Crippen molar-refractivity contribution in [2.24, 2.45) is 7.05 Å². The number of hydrogen-bond acceptors (Lipinski definition) is 0. The summed E-state index contributed by atoms with van der Waals surface area (Å²) in [5.41, 5.74) is 11.5. The Morgan fingerprint density at radius 3 is 2.11 bits per heavy atom. The Balaban J connectivity index is 1.80. The van der Waals surface area contributed by atoms with E-state index in [2.05, 4.69) is 142 Å². The zero-order valence-electron chi connectivity index (χ0n) is 23.0. The van der Waals surface area contributed by atoms with Crippen molar-refractivity contribution in [1.29, 1.82) is 0 Å². The summed E-state index contributed by atoms with van der Waals surface area (Å²) in [5, 5.41) is 5.37. The van der Waals surface area contributed by atoms with E-state index in [0.717, 1.165) is 0 Å². The van der Waals surface area contributed by atoms with Crippen molar-refractivity contribution in [3.05, 3.63) is 102 Å². The van der Waals surface area contributed by atoms with Crippen LogP contribution in [0.15, 0.2) is 84.9 Å². The molecule has 0 fully saturated rings. The van der Waals surface area contributed by atoms with Gasteiger partial charge in [-0.25, -0.2) is 0 Å². The van der Waals surface area contributed by atoms with Crippen LogP contribution in [-0.4, -0.2) is 12.6 Å². The van der Waals surface area contributed by atoms with Crippen molar-refractivity contribution in [1.82, 2.24) is 4.57 Å². The van der Waals surface area contributed by atoms with Gasteiger partial charge in [0.25, 0.3) is 0 Å². The molecule has 0 aliphatic carbocycles. The quantitative estimate of drug-likeness (QED) is 0.173. The molecule has 184 valence electrons. The SMILES string of the molecule is Cc1cc(C)c(C)c(-c2cc(-n3c4ccccc4c4ccc([Si](C)(C)C)cc43)c3ccccc3[n+]2C)c1. The third kappa shape index (κ3) is 3.72. The monoisotopic (exact) mass is 499 g/mol. The van der Waals surface area contributed by atoms with Crippen molar-refractivity contribution in [3.8, 4) is 16.9 Å². The summed E-state index contributed by atoms with van der Waals surface area (Å²) in [6, 6.07) is 31.9. The van der Waals surface area contributed by atoms with E-state index in [-0.39, 0.29) is 0 Å². The molecule has 0 amide bonds. The van der Waals surface area contributed by atoms with Crippen LogP contribution >= 0.6 is 0 Å². The Hall–Kier alpha value is -3.69. The number of pyridine rings is 1. The van der Waals surface area contributed by atoms with Gasteiger partial charge in [-0.1, -0.05) is 78.9 Å². The third-order valence-corrected chi connectivity index (χ3v) is 10.1. The zero-order chi connectivity index (χ0) is 26.1.